The van der Waals surface area contributed by atoms with Crippen molar-refractivity contribution in [2.24, 2.45) is 56.7 Å². The summed E-state index contributed by atoms with van der Waals surface area (Å²) in [4.78, 5) is 14.4. The third-order valence-electron chi connectivity index (χ3n) is 15.6. The van der Waals surface area contributed by atoms with Crippen molar-refractivity contribution in [2.75, 3.05) is 13.2 Å². The number of esters is 1. The number of carbonyl (C=O) groups excluding carboxylic acids is 1. The quantitative estimate of drug-likeness (QED) is 0.173. The van der Waals surface area contributed by atoms with Crippen LogP contribution in [0.15, 0.2) is 12.2 Å². The van der Waals surface area contributed by atoms with Crippen LogP contribution < -0.4 is 0 Å². The van der Waals surface area contributed by atoms with Crippen molar-refractivity contribution in [2.45, 2.75) is 135 Å². The molecule has 10 heteroatoms. The molecule has 1 heterocycles. The van der Waals surface area contributed by atoms with Gasteiger partial charge >= 0.3 is 5.97 Å². The summed E-state index contributed by atoms with van der Waals surface area (Å²) in [6, 6.07) is 0. The van der Waals surface area contributed by atoms with E-state index in [4.69, 9.17) is 9.47 Å². The predicted octanol–water partition coefficient (Wildman–Crippen LogP) is 2.29. The number of fused-ring (bicyclic) bond motifs is 7. The number of hydrogen-bond acceptors (Lipinski definition) is 10. The molecule has 5 saturated carbocycles. The Balaban J connectivity index is 1.34. The minimum absolute atomic E-state index is 0.0362. The van der Waals surface area contributed by atoms with Crippen LogP contribution in [0.25, 0.3) is 0 Å². The zero-order valence-corrected chi connectivity index (χ0v) is 28.3. The summed E-state index contributed by atoms with van der Waals surface area (Å²) in [5.74, 6) is 0.157. The van der Waals surface area contributed by atoms with Crippen LogP contribution in [0, 0.1) is 56.7 Å². The standard InChI is InChI=1S/C36H58O10/c1-18(2)19-9-12-36(31(44)46-30-28(42)27(41)26(40)22(16-37)45-30)14-13-34(5)20(25(19)36)7-8-24-32(3)15-21(39)29(43)33(4,17-38)23(32)10-11-35(24,34)6/h19-30,37-43H,1,7-17H2,2-6H3/t19-,20+,21+,22+,23+,24+,25+,26+,27-,28+,29-,30-,32-,33+,34+,35+,36-/m0/s1. The Hall–Kier alpha value is -1.11. The van der Waals surface area contributed by atoms with Gasteiger partial charge in [-0.3, -0.25) is 4.79 Å². The minimum Gasteiger partial charge on any atom is -0.432 e. The molecule has 0 aromatic rings. The van der Waals surface area contributed by atoms with E-state index in [0.717, 1.165) is 44.1 Å². The highest BCUT2D eigenvalue weighted by Gasteiger charge is 2.73. The fourth-order valence-corrected chi connectivity index (χ4v) is 13.0. The molecule has 0 aromatic heterocycles. The second-order valence-electron chi connectivity index (χ2n) is 17.3. The van der Waals surface area contributed by atoms with Crippen LogP contribution in [-0.4, -0.2) is 97.8 Å². The lowest BCUT2D eigenvalue weighted by Gasteiger charge is -2.73. The average molecular weight is 651 g/mol. The third-order valence-corrected chi connectivity index (χ3v) is 15.6. The maximum atomic E-state index is 14.4. The maximum Gasteiger partial charge on any atom is 0.314 e. The number of hydrogen-bond donors (Lipinski definition) is 7. The van der Waals surface area contributed by atoms with Crippen molar-refractivity contribution >= 4 is 5.97 Å². The molecule has 1 aliphatic heterocycles. The van der Waals surface area contributed by atoms with Gasteiger partial charge in [0, 0.05) is 5.41 Å². The molecule has 5 aliphatic carbocycles. The number of ether oxygens (including phenoxy) is 2. The van der Waals surface area contributed by atoms with E-state index in [1.807, 2.05) is 13.8 Å². The van der Waals surface area contributed by atoms with Crippen LogP contribution in [0.4, 0.5) is 0 Å². The van der Waals surface area contributed by atoms with Gasteiger partial charge in [-0.2, -0.15) is 0 Å². The predicted molar refractivity (Wildman–Crippen MR) is 168 cm³/mol. The average Bonchev–Trinajstić information content (AvgIpc) is 3.42. The van der Waals surface area contributed by atoms with Gasteiger partial charge in [-0.1, -0.05) is 39.8 Å². The van der Waals surface area contributed by atoms with Gasteiger partial charge in [0.15, 0.2) is 0 Å². The minimum atomic E-state index is -1.65. The molecule has 0 spiro atoms. The number of carbonyl (C=O) groups is 1. The molecule has 0 unspecified atom stereocenters. The van der Waals surface area contributed by atoms with E-state index in [1.54, 1.807) is 0 Å². The maximum absolute atomic E-state index is 14.4. The first-order chi connectivity index (χ1) is 21.5. The molecule has 7 N–H and O–H groups in total. The Kier molecular flexibility index (Phi) is 8.66. The van der Waals surface area contributed by atoms with Gasteiger partial charge in [-0.25, -0.2) is 0 Å². The van der Waals surface area contributed by atoms with Crippen LogP contribution in [0.3, 0.4) is 0 Å². The van der Waals surface area contributed by atoms with Crippen molar-refractivity contribution in [1.29, 1.82) is 0 Å². The van der Waals surface area contributed by atoms with E-state index in [1.165, 1.54) is 0 Å². The summed E-state index contributed by atoms with van der Waals surface area (Å²) in [7, 11) is 0. The highest BCUT2D eigenvalue weighted by atomic mass is 16.7. The second-order valence-corrected chi connectivity index (χ2v) is 17.3. The molecule has 0 bridgehead atoms. The Bertz CT molecular complexity index is 1210. The molecule has 0 aromatic carbocycles. The SMILES string of the molecule is C=C(C)[C@@H]1CC[C@]2(C(=O)O[C@@H]3O[C@H](CO)[C@@H](O)[C@H](O)[C@H]3O)CC[C@]3(C)[C@H](CC[C@@H]4[C@@]5(C)C[C@@H](O)[C@H](O)[C@](C)(CO)[C@@H]5CC[C@]43C)[C@@H]12. The Morgan fingerprint density at radius 2 is 1.54 bits per heavy atom. The highest BCUT2D eigenvalue weighted by molar-refractivity contribution is 5.78. The summed E-state index contributed by atoms with van der Waals surface area (Å²) >= 11 is 0. The molecular weight excluding hydrogens is 592 g/mol. The van der Waals surface area contributed by atoms with E-state index in [2.05, 4.69) is 27.4 Å². The second kappa shape index (κ2) is 11.5. The van der Waals surface area contributed by atoms with Crippen LogP contribution in [0.5, 0.6) is 0 Å². The lowest BCUT2D eigenvalue weighted by molar-refractivity contribution is -0.299. The van der Waals surface area contributed by atoms with Gasteiger partial charge in [-0.05, 0) is 111 Å². The van der Waals surface area contributed by atoms with Crippen molar-refractivity contribution in [3.05, 3.63) is 12.2 Å². The summed E-state index contributed by atoms with van der Waals surface area (Å²) < 4.78 is 11.5. The fraction of sp³-hybridized carbons (Fsp3) is 0.917. The molecule has 6 fully saturated rings. The van der Waals surface area contributed by atoms with E-state index in [-0.39, 0.29) is 52.4 Å². The van der Waals surface area contributed by atoms with Gasteiger partial charge in [0.05, 0.1) is 30.8 Å². The summed E-state index contributed by atoms with van der Waals surface area (Å²) in [6.45, 7) is 14.7. The lowest BCUT2D eigenvalue weighted by atomic mass is 9.32. The molecule has 262 valence electrons. The zero-order chi connectivity index (χ0) is 33.8. The fourth-order valence-electron chi connectivity index (χ4n) is 13.0. The van der Waals surface area contributed by atoms with Crippen LogP contribution >= 0.6 is 0 Å². The van der Waals surface area contributed by atoms with Crippen molar-refractivity contribution in [3.8, 4) is 0 Å². The Morgan fingerprint density at radius 1 is 0.848 bits per heavy atom. The van der Waals surface area contributed by atoms with Crippen molar-refractivity contribution < 1.29 is 50.0 Å². The van der Waals surface area contributed by atoms with Gasteiger partial charge in [0.2, 0.25) is 6.29 Å². The Labute approximate surface area is 273 Å². The van der Waals surface area contributed by atoms with Crippen LogP contribution in [-0.2, 0) is 14.3 Å². The summed E-state index contributed by atoms with van der Waals surface area (Å²) in [5, 5.41) is 73.8. The molecule has 0 radical (unpaired) electrons. The molecule has 46 heavy (non-hydrogen) atoms. The van der Waals surface area contributed by atoms with Crippen molar-refractivity contribution in [3.63, 3.8) is 0 Å². The van der Waals surface area contributed by atoms with E-state index in [0.29, 0.717) is 19.3 Å². The van der Waals surface area contributed by atoms with Gasteiger partial charge in [-0.15, -0.1) is 0 Å². The number of aliphatic hydroxyl groups excluding tert-OH is 7. The first-order valence-electron chi connectivity index (χ1n) is 17.6. The molecule has 0 amide bonds. The molecular formula is C36H58O10. The first kappa shape index (κ1) is 34.7. The van der Waals surface area contributed by atoms with Gasteiger partial charge in [0.1, 0.15) is 24.4 Å². The van der Waals surface area contributed by atoms with Crippen LogP contribution in [0.2, 0.25) is 0 Å². The number of aliphatic hydroxyl groups is 7. The monoisotopic (exact) mass is 650 g/mol. The zero-order valence-electron chi connectivity index (χ0n) is 28.3. The molecule has 6 aliphatic rings. The summed E-state index contributed by atoms with van der Waals surface area (Å²) in [5.41, 5.74) is -1.06. The smallest absolute Gasteiger partial charge is 0.314 e. The third kappa shape index (κ3) is 4.46. The van der Waals surface area contributed by atoms with E-state index >= 15 is 0 Å². The van der Waals surface area contributed by atoms with Crippen molar-refractivity contribution in [1.82, 2.24) is 0 Å². The summed E-state index contributed by atoms with van der Waals surface area (Å²) in [6.07, 6.45) is -2.40. The van der Waals surface area contributed by atoms with E-state index in [9.17, 15) is 40.5 Å². The van der Waals surface area contributed by atoms with Gasteiger partial charge < -0.3 is 45.2 Å². The number of allylic oxidation sites excluding steroid dienone is 1. The molecule has 10 nitrogen and oxygen atoms in total. The van der Waals surface area contributed by atoms with Crippen LogP contribution in [0.1, 0.15) is 92.4 Å². The lowest BCUT2D eigenvalue weighted by Crippen LogP contribution is -2.69. The molecule has 17 atom stereocenters. The number of rotatable bonds is 5. The molecule has 1 saturated heterocycles. The van der Waals surface area contributed by atoms with E-state index < -0.39 is 66.3 Å². The topological polar surface area (TPSA) is 177 Å². The first-order valence-corrected chi connectivity index (χ1v) is 17.6. The largest absolute Gasteiger partial charge is 0.432 e. The highest BCUT2D eigenvalue weighted by Crippen LogP contribution is 2.77. The normalized spacial score (nSPS) is 56.6. The molecule has 6 rings (SSSR count). The Morgan fingerprint density at radius 3 is 2.17 bits per heavy atom. The van der Waals surface area contributed by atoms with Gasteiger partial charge in [0.25, 0.3) is 0 Å².